The van der Waals surface area contributed by atoms with Gasteiger partial charge in [0.05, 0.1) is 0 Å². The third-order valence-corrected chi connectivity index (χ3v) is 2.27. The quantitative estimate of drug-likeness (QED) is 0.590. The van der Waals surface area contributed by atoms with E-state index in [9.17, 15) is 0 Å². The van der Waals surface area contributed by atoms with Crippen LogP contribution in [0.4, 0.5) is 0 Å². The van der Waals surface area contributed by atoms with Gasteiger partial charge in [0, 0.05) is 12.8 Å². The summed E-state index contributed by atoms with van der Waals surface area (Å²) in [5.74, 6) is 0. The van der Waals surface area contributed by atoms with Crippen LogP contribution < -0.4 is 10.0 Å². The Balaban J connectivity index is 2.31. The first-order valence-electron chi connectivity index (χ1n) is 3.93. The van der Waals surface area contributed by atoms with Crippen molar-refractivity contribution >= 4 is 29.3 Å². The molecule has 0 spiro atoms. The average molecular weight is 212 g/mol. The van der Waals surface area contributed by atoms with Gasteiger partial charge in [-0.2, -0.15) is 0 Å². The van der Waals surface area contributed by atoms with Crippen LogP contribution >= 0.6 is 24.2 Å². The van der Waals surface area contributed by atoms with Crippen LogP contribution in [-0.4, -0.2) is 11.4 Å². The SMILES string of the molecule is CSNC(=S)NCc1ccccc1. The summed E-state index contributed by atoms with van der Waals surface area (Å²) in [7, 11) is 0. The maximum absolute atomic E-state index is 5.01. The van der Waals surface area contributed by atoms with Crippen molar-refractivity contribution in [2.24, 2.45) is 0 Å². The molecular weight excluding hydrogens is 200 g/mol. The molecule has 0 unspecified atom stereocenters. The molecule has 1 aromatic rings. The topological polar surface area (TPSA) is 24.1 Å². The highest BCUT2D eigenvalue weighted by molar-refractivity contribution is 7.98. The van der Waals surface area contributed by atoms with Gasteiger partial charge in [-0.3, -0.25) is 0 Å². The molecule has 2 nitrogen and oxygen atoms in total. The van der Waals surface area contributed by atoms with Gasteiger partial charge in [0.25, 0.3) is 0 Å². The van der Waals surface area contributed by atoms with Gasteiger partial charge >= 0.3 is 0 Å². The van der Waals surface area contributed by atoms with E-state index >= 15 is 0 Å². The molecule has 0 fully saturated rings. The van der Waals surface area contributed by atoms with Crippen LogP contribution in [0.15, 0.2) is 30.3 Å². The maximum atomic E-state index is 5.01. The number of nitrogens with one attached hydrogen (secondary N) is 2. The van der Waals surface area contributed by atoms with E-state index in [4.69, 9.17) is 12.2 Å². The standard InChI is InChI=1S/C9H12N2S2/c1-13-11-9(12)10-7-8-5-3-2-4-6-8/h2-6H,7H2,1H3,(H2,10,11,12). The molecule has 0 amide bonds. The second-order valence-corrected chi connectivity index (χ2v) is 3.50. The van der Waals surface area contributed by atoms with Crippen molar-refractivity contribution < 1.29 is 0 Å². The van der Waals surface area contributed by atoms with Gasteiger partial charge in [-0.05, 0) is 17.8 Å². The first-order chi connectivity index (χ1) is 6.33. The van der Waals surface area contributed by atoms with E-state index in [-0.39, 0.29) is 0 Å². The molecule has 4 heteroatoms. The Morgan fingerprint density at radius 3 is 2.69 bits per heavy atom. The molecule has 0 aliphatic rings. The summed E-state index contributed by atoms with van der Waals surface area (Å²) in [5.41, 5.74) is 1.23. The van der Waals surface area contributed by atoms with E-state index in [0.29, 0.717) is 5.11 Å². The smallest absolute Gasteiger partial charge is 0.176 e. The molecule has 0 aliphatic carbocycles. The third kappa shape index (κ3) is 4.15. The van der Waals surface area contributed by atoms with Gasteiger partial charge in [0.2, 0.25) is 0 Å². The van der Waals surface area contributed by atoms with Crippen molar-refractivity contribution in [3.8, 4) is 0 Å². The summed E-state index contributed by atoms with van der Waals surface area (Å²) >= 11 is 6.50. The summed E-state index contributed by atoms with van der Waals surface area (Å²) in [6.45, 7) is 0.771. The molecule has 13 heavy (non-hydrogen) atoms. The van der Waals surface area contributed by atoms with Crippen molar-refractivity contribution in [3.05, 3.63) is 35.9 Å². The summed E-state index contributed by atoms with van der Waals surface area (Å²) in [6, 6.07) is 10.2. The number of hydrogen-bond acceptors (Lipinski definition) is 2. The Morgan fingerprint density at radius 1 is 1.38 bits per heavy atom. The molecule has 0 bridgehead atoms. The molecule has 0 heterocycles. The van der Waals surface area contributed by atoms with Crippen molar-refractivity contribution in [3.63, 3.8) is 0 Å². The minimum atomic E-state index is 0.677. The molecule has 0 aromatic heterocycles. The predicted molar refractivity (Wildman–Crippen MR) is 62.5 cm³/mol. The van der Waals surface area contributed by atoms with Crippen LogP contribution in [-0.2, 0) is 6.54 Å². The minimum absolute atomic E-state index is 0.677. The Hall–Kier alpha value is -0.740. The Bertz CT molecular complexity index is 262. The van der Waals surface area contributed by atoms with Gasteiger partial charge in [-0.1, -0.05) is 42.3 Å². The second-order valence-electron chi connectivity index (χ2n) is 2.47. The van der Waals surface area contributed by atoms with Gasteiger partial charge in [0.1, 0.15) is 0 Å². The maximum Gasteiger partial charge on any atom is 0.176 e. The fraction of sp³-hybridized carbons (Fsp3) is 0.222. The predicted octanol–water partition coefficient (Wildman–Crippen LogP) is 1.93. The zero-order valence-electron chi connectivity index (χ0n) is 7.41. The number of thiocarbonyl (C=S) groups is 1. The lowest BCUT2D eigenvalue weighted by molar-refractivity contribution is 0.913. The van der Waals surface area contributed by atoms with Crippen LogP contribution in [0.2, 0.25) is 0 Å². The monoisotopic (exact) mass is 212 g/mol. The second kappa shape index (κ2) is 5.83. The van der Waals surface area contributed by atoms with Gasteiger partial charge in [0.15, 0.2) is 5.11 Å². The highest BCUT2D eigenvalue weighted by atomic mass is 32.2. The van der Waals surface area contributed by atoms with Crippen molar-refractivity contribution in [2.75, 3.05) is 6.26 Å². The van der Waals surface area contributed by atoms with Crippen molar-refractivity contribution in [1.82, 2.24) is 10.0 Å². The van der Waals surface area contributed by atoms with Gasteiger partial charge in [-0.25, -0.2) is 0 Å². The van der Waals surface area contributed by atoms with Gasteiger partial charge < -0.3 is 10.0 Å². The van der Waals surface area contributed by atoms with E-state index in [1.165, 1.54) is 17.5 Å². The number of hydrogen-bond donors (Lipinski definition) is 2. The number of rotatable bonds is 3. The fourth-order valence-electron chi connectivity index (χ4n) is 0.907. The first kappa shape index (κ1) is 10.3. The fourth-order valence-corrected chi connectivity index (χ4v) is 1.49. The lowest BCUT2D eigenvalue weighted by Gasteiger charge is -2.07. The highest BCUT2D eigenvalue weighted by Gasteiger charge is 1.93. The van der Waals surface area contributed by atoms with Crippen LogP contribution in [0.5, 0.6) is 0 Å². The van der Waals surface area contributed by atoms with Gasteiger partial charge in [-0.15, -0.1) is 0 Å². The van der Waals surface area contributed by atoms with Crippen LogP contribution in [0.1, 0.15) is 5.56 Å². The summed E-state index contributed by atoms with van der Waals surface area (Å²) in [6.07, 6.45) is 1.94. The van der Waals surface area contributed by atoms with Crippen molar-refractivity contribution in [1.29, 1.82) is 0 Å². The lowest BCUT2D eigenvalue weighted by Crippen LogP contribution is -2.30. The summed E-state index contributed by atoms with van der Waals surface area (Å²) < 4.78 is 2.95. The van der Waals surface area contributed by atoms with Crippen molar-refractivity contribution in [2.45, 2.75) is 6.54 Å². The lowest BCUT2D eigenvalue weighted by atomic mass is 10.2. The van der Waals surface area contributed by atoms with E-state index in [1.54, 1.807) is 0 Å². The largest absolute Gasteiger partial charge is 0.358 e. The molecule has 1 rings (SSSR count). The minimum Gasteiger partial charge on any atom is -0.358 e. The van der Waals surface area contributed by atoms with Crippen LogP contribution in [0.3, 0.4) is 0 Å². The van der Waals surface area contributed by atoms with E-state index in [1.807, 2.05) is 24.5 Å². The summed E-state index contributed by atoms with van der Waals surface area (Å²) in [4.78, 5) is 0. The average Bonchev–Trinajstić information content (AvgIpc) is 2.17. The first-order valence-corrected chi connectivity index (χ1v) is 5.57. The Labute approximate surface area is 88.2 Å². The Kier molecular flexibility index (Phi) is 4.64. The molecule has 0 saturated carbocycles. The van der Waals surface area contributed by atoms with E-state index < -0.39 is 0 Å². The van der Waals surface area contributed by atoms with Crippen LogP contribution in [0, 0.1) is 0 Å². The molecule has 70 valence electrons. The molecule has 0 radical (unpaired) electrons. The molecule has 0 aliphatic heterocycles. The zero-order chi connectivity index (χ0) is 9.52. The normalized spacial score (nSPS) is 9.31. The molecule has 0 saturated heterocycles. The molecule has 1 aromatic carbocycles. The molecule has 2 N–H and O–H groups in total. The Morgan fingerprint density at radius 2 is 2.08 bits per heavy atom. The number of benzene rings is 1. The van der Waals surface area contributed by atoms with E-state index in [2.05, 4.69) is 22.2 Å². The zero-order valence-corrected chi connectivity index (χ0v) is 9.04. The molecule has 0 atom stereocenters. The van der Waals surface area contributed by atoms with E-state index in [0.717, 1.165) is 6.54 Å². The molecular formula is C9H12N2S2. The third-order valence-electron chi connectivity index (χ3n) is 1.49. The van der Waals surface area contributed by atoms with Crippen LogP contribution in [0.25, 0.3) is 0 Å². The summed E-state index contributed by atoms with van der Waals surface area (Å²) in [5, 5.41) is 3.78. The highest BCUT2D eigenvalue weighted by Crippen LogP contribution is 1.97.